The van der Waals surface area contributed by atoms with Gasteiger partial charge >= 0.3 is 0 Å². The van der Waals surface area contributed by atoms with Crippen LogP contribution in [0.4, 0.5) is 18.9 Å². The molecule has 0 spiro atoms. The Morgan fingerprint density at radius 2 is 2.12 bits per heavy atom. The second-order valence-corrected chi connectivity index (χ2v) is 6.26. The lowest BCUT2D eigenvalue weighted by molar-refractivity contribution is 0.1000. The highest BCUT2D eigenvalue weighted by Gasteiger charge is 2.33. The van der Waals surface area contributed by atoms with E-state index in [1.807, 2.05) is 19.9 Å². The largest absolute Gasteiger partial charge is 0.485 e. The van der Waals surface area contributed by atoms with Crippen LogP contribution in [0.3, 0.4) is 0 Å². The van der Waals surface area contributed by atoms with Crippen LogP contribution in [0, 0.1) is 5.95 Å². The lowest BCUT2D eigenvalue weighted by Crippen LogP contribution is -2.25. The number of para-hydroxylation sites is 1. The van der Waals surface area contributed by atoms with Crippen molar-refractivity contribution in [3.63, 3.8) is 0 Å². The lowest BCUT2D eigenvalue weighted by Gasteiger charge is -2.18. The first kappa shape index (κ1) is 16.4. The van der Waals surface area contributed by atoms with Gasteiger partial charge in [-0.1, -0.05) is 12.1 Å². The van der Waals surface area contributed by atoms with E-state index in [0.717, 1.165) is 12.6 Å². The van der Waals surface area contributed by atoms with Gasteiger partial charge in [-0.2, -0.15) is 9.49 Å². The van der Waals surface area contributed by atoms with Crippen molar-refractivity contribution in [1.82, 2.24) is 9.78 Å². The Balaban J connectivity index is 1.95. The molecule has 1 aliphatic rings. The molecule has 0 radical (unpaired) electrons. The van der Waals surface area contributed by atoms with Gasteiger partial charge in [0, 0.05) is 19.0 Å². The molecular weight excluding hydrogens is 323 g/mol. The van der Waals surface area contributed by atoms with Crippen LogP contribution in [-0.2, 0) is 13.5 Å². The molecule has 3 rings (SSSR count). The number of hydrogen-bond acceptors (Lipinski definition) is 3. The molecule has 2 aromatic rings. The molecule has 0 atom stereocenters. The highest BCUT2D eigenvalue weighted by atomic mass is 19.3. The van der Waals surface area contributed by atoms with Crippen LogP contribution in [0.1, 0.15) is 41.9 Å². The maximum atomic E-state index is 14.0. The first-order chi connectivity index (χ1) is 11.2. The molecule has 0 saturated carbocycles. The molecule has 0 fully saturated rings. The van der Waals surface area contributed by atoms with Crippen molar-refractivity contribution in [2.75, 3.05) is 5.32 Å². The smallest absolute Gasteiger partial charge is 0.283 e. The number of nitrogens with zero attached hydrogens (tertiary/aromatic N) is 2. The number of hydrogen-bond donors (Lipinski definition) is 1. The van der Waals surface area contributed by atoms with Gasteiger partial charge in [0.2, 0.25) is 5.95 Å². The number of halogens is 3. The van der Waals surface area contributed by atoms with Crippen molar-refractivity contribution in [2.24, 2.45) is 7.05 Å². The molecule has 5 nitrogen and oxygen atoms in total. The zero-order valence-electron chi connectivity index (χ0n) is 13.4. The average molecular weight is 339 g/mol. The van der Waals surface area contributed by atoms with E-state index in [2.05, 4.69) is 10.4 Å². The summed E-state index contributed by atoms with van der Waals surface area (Å²) in [6.45, 7) is 3.79. The third kappa shape index (κ3) is 2.72. The van der Waals surface area contributed by atoms with Crippen molar-refractivity contribution >= 4 is 11.6 Å². The molecule has 2 heterocycles. The highest BCUT2D eigenvalue weighted by Crippen LogP contribution is 2.40. The summed E-state index contributed by atoms with van der Waals surface area (Å²) in [7, 11) is 1.16. The number of carbonyl (C=O) groups is 1. The van der Waals surface area contributed by atoms with E-state index in [1.165, 1.54) is 0 Å². The number of aromatic nitrogens is 2. The van der Waals surface area contributed by atoms with Crippen molar-refractivity contribution in [3.05, 3.63) is 41.0 Å². The fourth-order valence-electron chi connectivity index (χ4n) is 2.78. The van der Waals surface area contributed by atoms with Gasteiger partial charge in [0.1, 0.15) is 22.6 Å². The molecule has 1 aliphatic heterocycles. The molecule has 1 amide bonds. The van der Waals surface area contributed by atoms with Gasteiger partial charge in [-0.05, 0) is 19.9 Å². The minimum atomic E-state index is -3.06. The Morgan fingerprint density at radius 3 is 2.79 bits per heavy atom. The summed E-state index contributed by atoms with van der Waals surface area (Å²) in [5.41, 5.74) is -0.884. The molecule has 1 aromatic heterocycles. The van der Waals surface area contributed by atoms with E-state index in [0.29, 0.717) is 22.5 Å². The van der Waals surface area contributed by atoms with E-state index >= 15 is 0 Å². The molecular formula is C16H16F3N3O2. The van der Waals surface area contributed by atoms with Gasteiger partial charge < -0.3 is 10.1 Å². The van der Waals surface area contributed by atoms with E-state index in [9.17, 15) is 18.0 Å². The van der Waals surface area contributed by atoms with Gasteiger partial charge in [0.05, 0.1) is 5.69 Å². The van der Waals surface area contributed by atoms with E-state index in [1.54, 1.807) is 12.1 Å². The summed E-state index contributed by atoms with van der Waals surface area (Å²) in [4.78, 5) is 12.3. The van der Waals surface area contributed by atoms with Crippen LogP contribution in [0.15, 0.2) is 18.2 Å². The van der Waals surface area contributed by atoms with Crippen LogP contribution in [0.5, 0.6) is 5.75 Å². The number of ether oxygens (including phenoxy) is 1. The number of fused-ring (bicyclic) bond motifs is 1. The second kappa shape index (κ2) is 5.54. The van der Waals surface area contributed by atoms with Crippen molar-refractivity contribution in [2.45, 2.75) is 32.3 Å². The molecule has 0 bridgehead atoms. The summed E-state index contributed by atoms with van der Waals surface area (Å²) in [5, 5.41) is 5.82. The number of amides is 1. The molecule has 0 aliphatic carbocycles. The van der Waals surface area contributed by atoms with E-state index < -0.39 is 35.1 Å². The molecule has 8 heteroatoms. The van der Waals surface area contributed by atoms with Crippen LogP contribution in [0.2, 0.25) is 0 Å². The van der Waals surface area contributed by atoms with Gasteiger partial charge in [0.15, 0.2) is 0 Å². The normalized spacial score (nSPS) is 15.3. The standard InChI is InChI=1S/C16H16F3N3O2/c1-16(2)7-8-5-4-6-9(12(8)24-16)20-15(23)10-11(13(17)18)21-22(3)14(10)19/h4-6,13H,7H2,1-3H3,(H,20,23). The maximum absolute atomic E-state index is 14.0. The Kier molecular flexibility index (Phi) is 3.77. The first-order valence-corrected chi connectivity index (χ1v) is 7.32. The summed E-state index contributed by atoms with van der Waals surface area (Å²) in [6.07, 6.45) is -2.41. The highest BCUT2D eigenvalue weighted by molar-refractivity contribution is 6.06. The van der Waals surface area contributed by atoms with Gasteiger partial charge in [-0.15, -0.1) is 0 Å². The fourth-order valence-corrected chi connectivity index (χ4v) is 2.78. The van der Waals surface area contributed by atoms with Crippen molar-refractivity contribution in [1.29, 1.82) is 0 Å². The number of carbonyl (C=O) groups excluding carboxylic acids is 1. The van der Waals surface area contributed by atoms with Gasteiger partial charge in [-0.3, -0.25) is 4.79 Å². The number of anilines is 1. The number of rotatable bonds is 3. The van der Waals surface area contributed by atoms with Crippen LogP contribution in [-0.4, -0.2) is 21.3 Å². The Morgan fingerprint density at radius 1 is 1.42 bits per heavy atom. The van der Waals surface area contributed by atoms with Crippen LogP contribution in [0.25, 0.3) is 0 Å². The summed E-state index contributed by atoms with van der Waals surface area (Å²) < 4.78 is 46.4. The third-order valence-corrected chi connectivity index (χ3v) is 3.78. The number of aryl methyl sites for hydroxylation is 1. The molecule has 1 N–H and O–H groups in total. The number of alkyl halides is 2. The second-order valence-electron chi connectivity index (χ2n) is 6.26. The van der Waals surface area contributed by atoms with Gasteiger partial charge in [0.25, 0.3) is 12.3 Å². The van der Waals surface area contributed by atoms with Crippen LogP contribution >= 0.6 is 0 Å². The minimum Gasteiger partial charge on any atom is -0.485 e. The SMILES string of the molecule is Cn1nc(C(F)F)c(C(=O)Nc2cccc3c2OC(C)(C)C3)c1F. The Labute approximate surface area is 136 Å². The first-order valence-electron chi connectivity index (χ1n) is 7.32. The predicted molar refractivity (Wildman–Crippen MR) is 80.9 cm³/mol. The topological polar surface area (TPSA) is 56.2 Å². The number of nitrogens with one attached hydrogen (secondary N) is 1. The molecule has 0 unspecified atom stereocenters. The van der Waals surface area contributed by atoms with Crippen molar-refractivity contribution < 1.29 is 22.7 Å². The molecule has 128 valence electrons. The number of benzene rings is 1. The van der Waals surface area contributed by atoms with Crippen molar-refractivity contribution in [3.8, 4) is 5.75 Å². The average Bonchev–Trinajstić information content (AvgIpc) is 2.96. The Bertz CT molecular complexity index is 815. The summed E-state index contributed by atoms with van der Waals surface area (Å²) in [6, 6.07) is 5.15. The fraction of sp³-hybridized carbons (Fsp3) is 0.375. The zero-order chi connectivity index (χ0) is 17.6. The van der Waals surface area contributed by atoms with Gasteiger partial charge in [-0.25, -0.2) is 13.5 Å². The molecule has 1 aromatic carbocycles. The third-order valence-electron chi connectivity index (χ3n) is 3.78. The molecule has 0 saturated heterocycles. The predicted octanol–water partition coefficient (Wildman–Crippen LogP) is 3.46. The van der Waals surface area contributed by atoms with Crippen LogP contribution < -0.4 is 10.1 Å². The summed E-state index contributed by atoms with van der Waals surface area (Å²) in [5.74, 6) is -1.63. The maximum Gasteiger partial charge on any atom is 0.283 e. The quantitative estimate of drug-likeness (QED) is 0.932. The van der Waals surface area contributed by atoms with E-state index in [-0.39, 0.29) is 0 Å². The molecule has 24 heavy (non-hydrogen) atoms. The minimum absolute atomic E-state index is 0.312. The Hall–Kier alpha value is -2.51. The zero-order valence-corrected chi connectivity index (χ0v) is 13.4. The monoisotopic (exact) mass is 339 g/mol. The van der Waals surface area contributed by atoms with E-state index in [4.69, 9.17) is 4.74 Å². The lowest BCUT2D eigenvalue weighted by atomic mass is 10.0. The summed E-state index contributed by atoms with van der Waals surface area (Å²) >= 11 is 0.